The number of ether oxygens (including phenoxy) is 3. The second kappa shape index (κ2) is 61.0. The van der Waals surface area contributed by atoms with Gasteiger partial charge in [-0.2, -0.15) is 0 Å². The maximum atomic E-state index is 12.8. The van der Waals surface area contributed by atoms with Gasteiger partial charge in [0.15, 0.2) is 6.10 Å². The lowest BCUT2D eigenvalue weighted by molar-refractivity contribution is -0.167. The molecule has 71 heavy (non-hydrogen) atoms. The highest BCUT2D eigenvalue weighted by atomic mass is 16.6. The molecule has 0 aliphatic heterocycles. The van der Waals surface area contributed by atoms with Crippen molar-refractivity contribution in [3.05, 3.63) is 0 Å². The molecule has 0 aromatic rings. The zero-order chi connectivity index (χ0) is 51.4. The van der Waals surface area contributed by atoms with Crippen LogP contribution in [-0.4, -0.2) is 37.2 Å². The number of unbranched alkanes of at least 4 members (excludes halogenated alkanes) is 50. The predicted molar refractivity (Wildman–Crippen MR) is 307 cm³/mol. The van der Waals surface area contributed by atoms with Crippen LogP contribution in [0, 0.1) is 0 Å². The number of carbonyl (C=O) groups excluding carboxylic acids is 3. The molecule has 0 aliphatic rings. The van der Waals surface area contributed by atoms with Gasteiger partial charge in [-0.1, -0.05) is 342 Å². The van der Waals surface area contributed by atoms with Crippen LogP contribution in [0.4, 0.5) is 0 Å². The quantitative estimate of drug-likeness (QED) is 0.0343. The molecular weight excluding hydrogens is 877 g/mol. The lowest BCUT2D eigenvalue weighted by atomic mass is 10.0. The van der Waals surface area contributed by atoms with Crippen molar-refractivity contribution < 1.29 is 28.6 Å². The van der Waals surface area contributed by atoms with Crippen molar-refractivity contribution in [3.63, 3.8) is 0 Å². The van der Waals surface area contributed by atoms with Gasteiger partial charge < -0.3 is 14.2 Å². The van der Waals surface area contributed by atoms with E-state index in [-0.39, 0.29) is 31.1 Å². The molecular formula is C65H126O6. The van der Waals surface area contributed by atoms with Crippen LogP contribution in [0.25, 0.3) is 0 Å². The summed E-state index contributed by atoms with van der Waals surface area (Å²) < 4.78 is 16.8. The van der Waals surface area contributed by atoms with Crippen LogP contribution in [-0.2, 0) is 28.6 Å². The highest BCUT2D eigenvalue weighted by Gasteiger charge is 2.19. The van der Waals surface area contributed by atoms with E-state index in [9.17, 15) is 14.4 Å². The van der Waals surface area contributed by atoms with Crippen LogP contribution in [0.2, 0.25) is 0 Å². The summed E-state index contributed by atoms with van der Waals surface area (Å²) in [5.41, 5.74) is 0. The van der Waals surface area contributed by atoms with E-state index in [4.69, 9.17) is 14.2 Å². The van der Waals surface area contributed by atoms with Crippen LogP contribution in [0.3, 0.4) is 0 Å². The Bertz CT molecular complexity index is 1060. The number of hydrogen-bond acceptors (Lipinski definition) is 6. The molecule has 0 saturated heterocycles. The second-order valence-corrected chi connectivity index (χ2v) is 22.4. The van der Waals surface area contributed by atoms with Gasteiger partial charge in [0, 0.05) is 19.3 Å². The van der Waals surface area contributed by atoms with Gasteiger partial charge in [0.1, 0.15) is 13.2 Å². The average Bonchev–Trinajstić information content (AvgIpc) is 3.37. The molecule has 0 aromatic carbocycles. The first-order valence-corrected chi connectivity index (χ1v) is 32.5. The summed E-state index contributed by atoms with van der Waals surface area (Å²) in [6, 6.07) is 0. The zero-order valence-corrected chi connectivity index (χ0v) is 48.5. The molecule has 0 radical (unpaired) electrons. The summed E-state index contributed by atoms with van der Waals surface area (Å²) in [6.45, 7) is 6.66. The molecule has 0 aromatic heterocycles. The SMILES string of the molecule is CCCCCCCCCCCCCCCCCCCCCCCCCCCCCCC(=O)OCC(COC(=O)CCCCCCCC)OC(=O)CCCCCCCCCCCCCCCCCCCCC. The monoisotopic (exact) mass is 1000 g/mol. The number of rotatable bonds is 61. The van der Waals surface area contributed by atoms with Crippen molar-refractivity contribution >= 4 is 17.9 Å². The van der Waals surface area contributed by atoms with Crippen LogP contribution in [0.5, 0.6) is 0 Å². The Morgan fingerprint density at radius 2 is 0.380 bits per heavy atom. The Kier molecular flexibility index (Phi) is 59.6. The molecule has 0 spiro atoms. The Morgan fingerprint density at radius 1 is 0.225 bits per heavy atom. The van der Waals surface area contributed by atoms with Crippen LogP contribution in [0.1, 0.15) is 380 Å². The third kappa shape index (κ3) is 59.2. The van der Waals surface area contributed by atoms with Gasteiger partial charge in [0.2, 0.25) is 0 Å². The van der Waals surface area contributed by atoms with E-state index in [0.29, 0.717) is 19.3 Å². The van der Waals surface area contributed by atoms with Gasteiger partial charge >= 0.3 is 17.9 Å². The fourth-order valence-corrected chi connectivity index (χ4v) is 10.2. The lowest BCUT2D eigenvalue weighted by Gasteiger charge is -2.18. The average molecular weight is 1000 g/mol. The van der Waals surface area contributed by atoms with Crippen molar-refractivity contribution in [2.75, 3.05) is 13.2 Å². The molecule has 0 rings (SSSR count). The topological polar surface area (TPSA) is 78.9 Å². The predicted octanol–water partition coefficient (Wildman–Crippen LogP) is 21.9. The number of esters is 3. The fourth-order valence-electron chi connectivity index (χ4n) is 10.2. The Hall–Kier alpha value is -1.59. The van der Waals surface area contributed by atoms with Crippen molar-refractivity contribution in [2.45, 2.75) is 386 Å². The van der Waals surface area contributed by atoms with Gasteiger partial charge in [-0.15, -0.1) is 0 Å². The molecule has 1 atom stereocenters. The molecule has 1 unspecified atom stereocenters. The highest BCUT2D eigenvalue weighted by molar-refractivity contribution is 5.71. The Morgan fingerprint density at radius 3 is 0.563 bits per heavy atom. The third-order valence-corrected chi connectivity index (χ3v) is 15.1. The largest absolute Gasteiger partial charge is 0.462 e. The third-order valence-electron chi connectivity index (χ3n) is 15.1. The van der Waals surface area contributed by atoms with Crippen molar-refractivity contribution in [1.82, 2.24) is 0 Å². The van der Waals surface area contributed by atoms with E-state index >= 15 is 0 Å². The molecule has 6 nitrogen and oxygen atoms in total. The fraction of sp³-hybridized carbons (Fsp3) is 0.954. The van der Waals surface area contributed by atoms with Gasteiger partial charge in [-0.25, -0.2) is 0 Å². The molecule has 0 heterocycles. The van der Waals surface area contributed by atoms with Gasteiger partial charge in [0.05, 0.1) is 0 Å². The van der Waals surface area contributed by atoms with E-state index in [1.54, 1.807) is 0 Å². The smallest absolute Gasteiger partial charge is 0.306 e. The van der Waals surface area contributed by atoms with Crippen LogP contribution < -0.4 is 0 Å². The summed E-state index contributed by atoms with van der Waals surface area (Å²) in [5, 5.41) is 0. The molecule has 6 heteroatoms. The number of hydrogen-bond donors (Lipinski definition) is 0. The summed E-state index contributed by atoms with van der Waals surface area (Å²) in [7, 11) is 0. The molecule has 0 saturated carbocycles. The number of carbonyl (C=O) groups is 3. The molecule has 422 valence electrons. The normalized spacial score (nSPS) is 11.9. The standard InChI is InChI=1S/C65H126O6/c1-4-7-10-13-16-18-20-22-24-26-28-29-30-31-32-33-34-35-36-38-39-41-43-45-47-49-52-55-58-64(67)70-61-62(60-69-63(66)57-54-51-15-12-9-6-3)71-65(68)59-56-53-50-48-46-44-42-40-37-27-25-23-21-19-17-14-11-8-5-2/h62H,4-61H2,1-3H3. The second-order valence-electron chi connectivity index (χ2n) is 22.4. The Labute approximate surface area is 444 Å². The van der Waals surface area contributed by atoms with E-state index in [1.807, 2.05) is 0 Å². The molecule has 0 N–H and O–H groups in total. The molecule has 0 aliphatic carbocycles. The highest BCUT2D eigenvalue weighted by Crippen LogP contribution is 2.19. The first-order valence-electron chi connectivity index (χ1n) is 32.5. The lowest BCUT2D eigenvalue weighted by Crippen LogP contribution is -2.30. The first-order chi connectivity index (χ1) is 35.0. The minimum Gasteiger partial charge on any atom is -0.462 e. The van der Waals surface area contributed by atoms with Crippen LogP contribution in [0.15, 0.2) is 0 Å². The van der Waals surface area contributed by atoms with E-state index in [2.05, 4.69) is 20.8 Å². The van der Waals surface area contributed by atoms with E-state index in [0.717, 1.165) is 57.8 Å². The van der Waals surface area contributed by atoms with Crippen molar-refractivity contribution in [2.24, 2.45) is 0 Å². The summed E-state index contributed by atoms with van der Waals surface area (Å²) >= 11 is 0. The maximum absolute atomic E-state index is 12.8. The Balaban J connectivity index is 3.96. The first kappa shape index (κ1) is 69.4. The van der Waals surface area contributed by atoms with Crippen molar-refractivity contribution in [1.29, 1.82) is 0 Å². The zero-order valence-electron chi connectivity index (χ0n) is 48.5. The minimum atomic E-state index is -0.760. The maximum Gasteiger partial charge on any atom is 0.306 e. The molecule has 0 bridgehead atoms. The summed E-state index contributed by atoms with van der Waals surface area (Å²) in [6.07, 6.45) is 70.2. The molecule has 0 fully saturated rings. The minimum absolute atomic E-state index is 0.0619. The van der Waals surface area contributed by atoms with Gasteiger partial charge in [0.25, 0.3) is 0 Å². The van der Waals surface area contributed by atoms with E-state index < -0.39 is 6.10 Å². The van der Waals surface area contributed by atoms with E-state index in [1.165, 1.54) is 283 Å². The van der Waals surface area contributed by atoms with Crippen molar-refractivity contribution in [3.8, 4) is 0 Å². The van der Waals surface area contributed by atoms with Gasteiger partial charge in [-0.3, -0.25) is 14.4 Å². The van der Waals surface area contributed by atoms with Gasteiger partial charge in [-0.05, 0) is 19.3 Å². The molecule has 0 amide bonds. The summed E-state index contributed by atoms with van der Waals surface area (Å²) in [5.74, 6) is -0.841. The van der Waals surface area contributed by atoms with Crippen LogP contribution >= 0.6 is 0 Å². The summed E-state index contributed by atoms with van der Waals surface area (Å²) in [4.78, 5) is 38.0.